The molecule has 0 saturated carbocycles. The highest BCUT2D eigenvalue weighted by atomic mass is 79.9. The van der Waals surface area contributed by atoms with E-state index in [9.17, 15) is 0 Å². The van der Waals surface area contributed by atoms with Gasteiger partial charge in [-0.1, -0.05) is 0 Å². The van der Waals surface area contributed by atoms with Gasteiger partial charge in [0, 0.05) is 19.1 Å². The molecule has 0 radical (unpaired) electrons. The third-order valence-corrected chi connectivity index (χ3v) is 5.90. The van der Waals surface area contributed by atoms with Crippen LogP contribution in [0.3, 0.4) is 0 Å². The minimum atomic E-state index is 0.621. The number of fused-ring (bicyclic) bond motifs is 1. The van der Waals surface area contributed by atoms with Crippen molar-refractivity contribution in [3.8, 4) is 10.8 Å². The van der Waals surface area contributed by atoms with Crippen LogP contribution in [-0.2, 0) is 6.54 Å². The molecule has 4 rings (SSSR count). The molecule has 21 heavy (non-hydrogen) atoms. The summed E-state index contributed by atoms with van der Waals surface area (Å²) in [4.78, 5) is 3.44. The smallest absolute Gasteiger partial charge is 0.257 e. The molecule has 2 unspecified atom stereocenters. The molecule has 0 aliphatic carbocycles. The Bertz CT molecular complexity index is 614. The maximum Gasteiger partial charge on any atom is 0.257 e. The average Bonchev–Trinajstić information content (AvgIpc) is 3.17. The fourth-order valence-electron chi connectivity index (χ4n) is 3.30. The lowest BCUT2D eigenvalue weighted by Gasteiger charge is -2.24. The first kappa shape index (κ1) is 13.9. The van der Waals surface area contributed by atoms with Gasteiger partial charge in [-0.15, -0.1) is 21.5 Å². The Kier molecular flexibility index (Phi) is 3.83. The van der Waals surface area contributed by atoms with Crippen molar-refractivity contribution in [3.05, 3.63) is 21.8 Å². The Balaban J connectivity index is 1.43. The molecule has 0 aromatic carbocycles. The van der Waals surface area contributed by atoms with Gasteiger partial charge in [0.25, 0.3) is 5.89 Å². The van der Waals surface area contributed by atoms with Crippen LogP contribution >= 0.6 is 27.3 Å². The molecule has 4 heterocycles. The van der Waals surface area contributed by atoms with Gasteiger partial charge < -0.3 is 9.73 Å². The first-order valence-electron chi connectivity index (χ1n) is 7.32. The standard InChI is InChI=1S/C14H17BrN4OS/c15-12-4-3-11(21-12)14-18-17-13(20-14)8-19-6-9-2-1-5-16-10(9)7-19/h3-4,9-10,16H,1-2,5-8H2. The summed E-state index contributed by atoms with van der Waals surface area (Å²) >= 11 is 5.07. The predicted molar refractivity (Wildman–Crippen MR) is 85.1 cm³/mol. The molecular formula is C14H17BrN4OS. The molecule has 0 spiro atoms. The molecule has 2 aliphatic rings. The normalized spacial score (nSPS) is 26.1. The number of rotatable bonds is 3. The number of hydrogen-bond acceptors (Lipinski definition) is 6. The van der Waals surface area contributed by atoms with E-state index in [0.29, 0.717) is 17.8 Å². The number of nitrogens with zero attached hydrogens (tertiary/aromatic N) is 3. The van der Waals surface area contributed by atoms with Crippen molar-refractivity contribution in [2.45, 2.75) is 25.4 Å². The van der Waals surface area contributed by atoms with Gasteiger partial charge in [0.2, 0.25) is 5.89 Å². The lowest BCUT2D eigenvalue weighted by Crippen LogP contribution is -2.40. The molecule has 0 bridgehead atoms. The topological polar surface area (TPSA) is 54.2 Å². The van der Waals surface area contributed by atoms with Gasteiger partial charge in [-0.05, 0) is 53.4 Å². The highest BCUT2D eigenvalue weighted by molar-refractivity contribution is 9.11. The molecule has 5 nitrogen and oxygen atoms in total. The summed E-state index contributed by atoms with van der Waals surface area (Å²) in [5, 5.41) is 12.0. The second-order valence-corrected chi connectivity index (χ2v) is 8.22. The zero-order chi connectivity index (χ0) is 14.2. The van der Waals surface area contributed by atoms with Crippen molar-refractivity contribution < 1.29 is 4.42 Å². The van der Waals surface area contributed by atoms with Crippen LogP contribution in [0.5, 0.6) is 0 Å². The van der Waals surface area contributed by atoms with Crippen LogP contribution in [0.2, 0.25) is 0 Å². The van der Waals surface area contributed by atoms with Crippen LogP contribution in [0.1, 0.15) is 18.7 Å². The van der Waals surface area contributed by atoms with E-state index >= 15 is 0 Å². The summed E-state index contributed by atoms with van der Waals surface area (Å²) in [6, 6.07) is 4.65. The van der Waals surface area contributed by atoms with E-state index in [0.717, 1.165) is 40.8 Å². The summed E-state index contributed by atoms with van der Waals surface area (Å²) in [6.07, 6.45) is 2.64. The van der Waals surface area contributed by atoms with E-state index in [4.69, 9.17) is 4.42 Å². The number of thiophene rings is 1. The van der Waals surface area contributed by atoms with Crippen molar-refractivity contribution >= 4 is 27.3 Å². The van der Waals surface area contributed by atoms with Gasteiger partial charge in [0.15, 0.2) is 0 Å². The minimum Gasteiger partial charge on any atom is -0.419 e. The van der Waals surface area contributed by atoms with Crippen LogP contribution in [0.15, 0.2) is 20.3 Å². The van der Waals surface area contributed by atoms with E-state index in [-0.39, 0.29) is 0 Å². The third kappa shape index (κ3) is 2.92. The first-order chi connectivity index (χ1) is 10.3. The second kappa shape index (κ2) is 5.79. The van der Waals surface area contributed by atoms with Crippen LogP contribution in [0, 0.1) is 5.92 Å². The van der Waals surface area contributed by atoms with Gasteiger partial charge in [0.05, 0.1) is 15.2 Å². The number of aromatic nitrogens is 2. The van der Waals surface area contributed by atoms with Gasteiger partial charge >= 0.3 is 0 Å². The number of nitrogens with one attached hydrogen (secondary N) is 1. The van der Waals surface area contributed by atoms with Crippen LogP contribution in [0.4, 0.5) is 0 Å². The number of likely N-dealkylation sites (tertiary alicyclic amines) is 1. The van der Waals surface area contributed by atoms with Gasteiger partial charge in [-0.25, -0.2) is 0 Å². The Morgan fingerprint density at radius 3 is 3.14 bits per heavy atom. The molecule has 1 N–H and O–H groups in total. The van der Waals surface area contributed by atoms with Crippen molar-refractivity contribution in [1.29, 1.82) is 0 Å². The molecule has 2 saturated heterocycles. The zero-order valence-electron chi connectivity index (χ0n) is 11.6. The highest BCUT2D eigenvalue weighted by Gasteiger charge is 2.34. The van der Waals surface area contributed by atoms with E-state index in [1.165, 1.54) is 12.8 Å². The summed E-state index contributed by atoms with van der Waals surface area (Å²) < 4.78 is 6.88. The van der Waals surface area contributed by atoms with Crippen molar-refractivity contribution in [1.82, 2.24) is 20.4 Å². The summed E-state index contributed by atoms with van der Waals surface area (Å²) in [5.74, 6) is 2.12. The van der Waals surface area contributed by atoms with Gasteiger partial charge in [0.1, 0.15) is 0 Å². The second-order valence-electron chi connectivity index (χ2n) is 5.76. The fourth-order valence-corrected chi connectivity index (χ4v) is 4.61. The summed E-state index contributed by atoms with van der Waals surface area (Å²) in [6.45, 7) is 4.15. The van der Waals surface area contributed by atoms with E-state index in [2.05, 4.69) is 36.3 Å². The maximum absolute atomic E-state index is 5.80. The average molecular weight is 369 g/mol. The Hall–Kier alpha value is -0.760. The molecule has 2 aromatic heterocycles. The third-order valence-electron chi connectivity index (χ3n) is 4.28. The quantitative estimate of drug-likeness (QED) is 0.902. The lowest BCUT2D eigenvalue weighted by molar-refractivity contribution is 0.280. The van der Waals surface area contributed by atoms with Crippen molar-refractivity contribution in [2.75, 3.05) is 19.6 Å². The SMILES string of the molecule is Brc1ccc(-c2nnc(CN3CC4CCCNC4C3)o2)s1. The number of hydrogen-bond donors (Lipinski definition) is 1. The lowest BCUT2D eigenvalue weighted by atomic mass is 9.94. The van der Waals surface area contributed by atoms with Crippen molar-refractivity contribution in [3.63, 3.8) is 0 Å². The zero-order valence-corrected chi connectivity index (χ0v) is 14.0. The van der Waals surface area contributed by atoms with Crippen LogP contribution in [0.25, 0.3) is 10.8 Å². The minimum absolute atomic E-state index is 0.621. The highest BCUT2D eigenvalue weighted by Crippen LogP contribution is 2.31. The molecule has 2 fully saturated rings. The number of piperidine rings is 1. The molecule has 2 aliphatic heterocycles. The molecule has 0 amide bonds. The van der Waals surface area contributed by atoms with Crippen LogP contribution in [-0.4, -0.2) is 40.8 Å². The van der Waals surface area contributed by atoms with Gasteiger partial charge in [-0.2, -0.15) is 0 Å². The first-order valence-corrected chi connectivity index (χ1v) is 8.93. The van der Waals surface area contributed by atoms with E-state index in [1.54, 1.807) is 11.3 Å². The Morgan fingerprint density at radius 2 is 2.33 bits per heavy atom. The molecule has 2 aromatic rings. The van der Waals surface area contributed by atoms with E-state index in [1.807, 2.05) is 12.1 Å². The Morgan fingerprint density at radius 1 is 1.38 bits per heavy atom. The van der Waals surface area contributed by atoms with E-state index < -0.39 is 0 Å². The largest absolute Gasteiger partial charge is 0.419 e. The van der Waals surface area contributed by atoms with Crippen LogP contribution < -0.4 is 5.32 Å². The summed E-state index contributed by atoms with van der Waals surface area (Å²) in [7, 11) is 0. The fraction of sp³-hybridized carbons (Fsp3) is 0.571. The van der Waals surface area contributed by atoms with Gasteiger partial charge in [-0.3, -0.25) is 4.90 Å². The monoisotopic (exact) mass is 368 g/mol. The molecule has 7 heteroatoms. The molecule has 112 valence electrons. The maximum atomic E-state index is 5.80. The predicted octanol–water partition coefficient (Wildman–Crippen LogP) is 2.74. The van der Waals surface area contributed by atoms with Crippen molar-refractivity contribution in [2.24, 2.45) is 5.92 Å². The summed E-state index contributed by atoms with van der Waals surface area (Å²) in [5.41, 5.74) is 0. The Labute approximate surface area is 135 Å². The number of halogens is 1. The molecule has 2 atom stereocenters. The molecular weight excluding hydrogens is 352 g/mol.